The Hall–Kier alpha value is -2.56. The quantitative estimate of drug-likeness (QED) is 0.263. The Bertz CT molecular complexity index is 1070. The lowest BCUT2D eigenvalue weighted by molar-refractivity contribution is 0.293. The zero-order chi connectivity index (χ0) is 21.5. The van der Waals surface area contributed by atoms with Gasteiger partial charge in [0.1, 0.15) is 5.82 Å². The van der Waals surface area contributed by atoms with Gasteiger partial charge in [-0.15, -0.1) is 11.8 Å². The lowest BCUT2D eigenvalue weighted by Crippen LogP contribution is -2.25. The molecule has 0 spiro atoms. The Kier molecular flexibility index (Phi) is 7.44. The molecule has 0 aliphatic rings. The van der Waals surface area contributed by atoms with E-state index in [4.69, 9.17) is 4.98 Å². The summed E-state index contributed by atoms with van der Waals surface area (Å²) < 4.78 is 2.45. The second kappa shape index (κ2) is 10.7. The number of fused-ring (bicyclic) bond motifs is 1. The van der Waals surface area contributed by atoms with Crippen molar-refractivity contribution < 1.29 is 0 Å². The van der Waals surface area contributed by atoms with Crippen molar-refractivity contribution >= 4 is 22.8 Å². The third kappa shape index (κ3) is 5.20. The molecule has 4 aromatic rings. The minimum Gasteiger partial charge on any atom is -0.327 e. The maximum atomic E-state index is 5.15. The number of benzene rings is 3. The molecule has 1 heterocycles. The van der Waals surface area contributed by atoms with Gasteiger partial charge in [-0.25, -0.2) is 4.98 Å². The molecule has 160 valence electrons. The predicted octanol–water partition coefficient (Wildman–Crippen LogP) is 6.65. The van der Waals surface area contributed by atoms with E-state index in [-0.39, 0.29) is 5.25 Å². The summed E-state index contributed by atoms with van der Waals surface area (Å²) in [5.74, 6) is 1.14. The summed E-state index contributed by atoms with van der Waals surface area (Å²) in [7, 11) is 0. The van der Waals surface area contributed by atoms with Crippen molar-refractivity contribution in [3.8, 4) is 0 Å². The first-order chi connectivity index (χ1) is 15.3. The molecule has 0 N–H and O–H groups in total. The molecule has 1 aromatic heterocycles. The van der Waals surface area contributed by atoms with E-state index in [1.807, 2.05) is 11.8 Å². The van der Waals surface area contributed by atoms with Gasteiger partial charge in [-0.2, -0.15) is 0 Å². The highest BCUT2D eigenvalue weighted by Crippen LogP contribution is 2.41. The van der Waals surface area contributed by atoms with E-state index in [0.29, 0.717) is 0 Å². The van der Waals surface area contributed by atoms with Crippen molar-refractivity contribution in [2.24, 2.45) is 0 Å². The maximum absolute atomic E-state index is 5.15. The van der Waals surface area contributed by atoms with Gasteiger partial charge in [0.15, 0.2) is 0 Å². The van der Waals surface area contributed by atoms with Gasteiger partial charge in [0, 0.05) is 11.4 Å². The van der Waals surface area contributed by atoms with Crippen molar-refractivity contribution in [2.75, 3.05) is 19.6 Å². The molecule has 31 heavy (non-hydrogen) atoms. The standard InChI is InChI=1S/C27H31N3S/c1-3-29(4-2)20-13-21-30-25-19-12-11-18-24(25)28-27(30)26(22-14-7-5-8-15-22)31-23-16-9-6-10-17-23/h5-12,14-19,26H,3-4,13,20-21H2,1-2H3. The number of thioether (sulfide) groups is 1. The van der Waals surface area contributed by atoms with Gasteiger partial charge in [0.05, 0.1) is 16.3 Å². The summed E-state index contributed by atoms with van der Waals surface area (Å²) in [5.41, 5.74) is 3.60. The molecule has 0 aliphatic carbocycles. The summed E-state index contributed by atoms with van der Waals surface area (Å²) in [6.45, 7) is 8.77. The molecule has 0 saturated carbocycles. The normalized spacial score (nSPS) is 12.5. The number of para-hydroxylation sites is 2. The number of hydrogen-bond donors (Lipinski definition) is 0. The first-order valence-corrected chi connectivity index (χ1v) is 12.1. The van der Waals surface area contributed by atoms with Crippen LogP contribution in [0.15, 0.2) is 89.8 Å². The molecule has 4 heteroatoms. The first-order valence-electron chi connectivity index (χ1n) is 11.2. The monoisotopic (exact) mass is 429 g/mol. The highest BCUT2D eigenvalue weighted by atomic mass is 32.2. The fourth-order valence-electron chi connectivity index (χ4n) is 4.05. The van der Waals surface area contributed by atoms with E-state index in [1.54, 1.807) is 0 Å². The zero-order valence-corrected chi connectivity index (χ0v) is 19.3. The van der Waals surface area contributed by atoms with Crippen LogP contribution in [0, 0.1) is 0 Å². The van der Waals surface area contributed by atoms with Crippen LogP contribution in [-0.4, -0.2) is 34.1 Å². The van der Waals surface area contributed by atoms with Gasteiger partial charge < -0.3 is 9.47 Å². The number of nitrogens with zero attached hydrogens (tertiary/aromatic N) is 3. The zero-order valence-electron chi connectivity index (χ0n) is 18.4. The molecule has 0 saturated heterocycles. The summed E-state index contributed by atoms with van der Waals surface area (Å²) in [4.78, 5) is 8.91. The first kappa shape index (κ1) is 21.7. The smallest absolute Gasteiger partial charge is 0.127 e. The van der Waals surface area contributed by atoms with Crippen LogP contribution in [0.5, 0.6) is 0 Å². The molecule has 0 fully saturated rings. The molecular weight excluding hydrogens is 398 g/mol. The van der Waals surface area contributed by atoms with Gasteiger partial charge in [0.25, 0.3) is 0 Å². The highest BCUT2D eigenvalue weighted by molar-refractivity contribution is 7.99. The van der Waals surface area contributed by atoms with E-state index < -0.39 is 0 Å². The van der Waals surface area contributed by atoms with Gasteiger partial charge in [-0.3, -0.25) is 0 Å². The summed E-state index contributed by atoms with van der Waals surface area (Å²) in [5, 5.41) is 0.143. The predicted molar refractivity (Wildman–Crippen MR) is 133 cm³/mol. The Labute approximate surface area is 190 Å². The van der Waals surface area contributed by atoms with Crippen molar-refractivity contribution in [3.63, 3.8) is 0 Å². The summed E-state index contributed by atoms with van der Waals surface area (Å²) in [6.07, 6.45) is 1.12. The molecule has 1 unspecified atom stereocenters. The Morgan fingerprint density at radius 2 is 1.48 bits per heavy atom. The number of aryl methyl sites for hydroxylation is 1. The molecule has 1 atom stereocenters. The van der Waals surface area contributed by atoms with Crippen molar-refractivity contribution in [3.05, 3.63) is 96.3 Å². The van der Waals surface area contributed by atoms with E-state index in [1.165, 1.54) is 16.0 Å². The van der Waals surface area contributed by atoms with Crippen molar-refractivity contribution in [1.29, 1.82) is 0 Å². The number of aromatic nitrogens is 2. The van der Waals surface area contributed by atoms with Gasteiger partial charge >= 0.3 is 0 Å². The minimum atomic E-state index is 0.143. The number of imidazole rings is 1. The molecular formula is C27H31N3S. The number of hydrogen-bond acceptors (Lipinski definition) is 3. The second-order valence-corrected chi connectivity index (χ2v) is 8.89. The van der Waals surface area contributed by atoms with E-state index in [2.05, 4.69) is 108 Å². The average molecular weight is 430 g/mol. The van der Waals surface area contributed by atoms with Crippen LogP contribution in [0.4, 0.5) is 0 Å². The Morgan fingerprint density at radius 1 is 0.839 bits per heavy atom. The third-order valence-electron chi connectivity index (χ3n) is 5.77. The van der Waals surface area contributed by atoms with Crippen molar-refractivity contribution in [2.45, 2.75) is 37.0 Å². The maximum Gasteiger partial charge on any atom is 0.127 e. The molecule has 0 amide bonds. The highest BCUT2D eigenvalue weighted by Gasteiger charge is 2.23. The largest absolute Gasteiger partial charge is 0.327 e. The van der Waals surface area contributed by atoms with Crippen LogP contribution < -0.4 is 0 Å². The van der Waals surface area contributed by atoms with Gasteiger partial charge in [-0.05, 0) is 55.9 Å². The minimum absolute atomic E-state index is 0.143. The SMILES string of the molecule is CCN(CC)CCCn1c(C(Sc2ccccc2)c2ccccc2)nc2ccccc21. The van der Waals surface area contributed by atoms with E-state index >= 15 is 0 Å². The molecule has 3 nitrogen and oxygen atoms in total. The average Bonchev–Trinajstić information content (AvgIpc) is 3.20. The van der Waals surface area contributed by atoms with E-state index in [0.717, 1.165) is 43.9 Å². The topological polar surface area (TPSA) is 21.1 Å². The molecule has 0 aliphatic heterocycles. The molecule has 3 aromatic carbocycles. The van der Waals surface area contributed by atoms with Crippen LogP contribution in [0.2, 0.25) is 0 Å². The lowest BCUT2D eigenvalue weighted by atomic mass is 10.1. The fraction of sp³-hybridized carbons (Fsp3) is 0.296. The second-order valence-electron chi connectivity index (χ2n) is 7.71. The van der Waals surface area contributed by atoms with Gasteiger partial charge in [0.2, 0.25) is 0 Å². The lowest BCUT2D eigenvalue weighted by Gasteiger charge is -2.21. The Morgan fingerprint density at radius 3 is 2.19 bits per heavy atom. The van der Waals surface area contributed by atoms with Crippen LogP contribution in [-0.2, 0) is 6.54 Å². The van der Waals surface area contributed by atoms with Crippen LogP contribution in [0.25, 0.3) is 11.0 Å². The molecule has 4 rings (SSSR count). The molecule has 0 bridgehead atoms. The summed E-state index contributed by atoms with van der Waals surface area (Å²) >= 11 is 1.88. The van der Waals surface area contributed by atoms with Crippen LogP contribution >= 0.6 is 11.8 Å². The van der Waals surface area contributed by atoms with Crippen LogP contribution in [0.3, 0.4) is 0 Å². The van der Waals surface area contributed by atoms with E-state index in [9.17, 15) is 0 Å². The summed E-state index contributed by atoms with van der Waals surface area (Å²) in [6, 6.07) is 30.0. The number of rotatable bonds is 10. The molecule has 0 radical (unpaired) electrons. The Balaban J connectivity index is 1.73. The third-order valence-corrected chi connectivity index (χ3v) is 7.03. The fourth-order valence-corrected chi connectivity index (χ4v) is 5.22. The van der Waals surface area contributed by atoms with Crippen LogP contribution in [0.1, 0.15) is 36.9 Å². The van der Waals surface area contributed by atoms with Gasteiger partial charge in [-0.1, -0.05) is 74.5 Å². The van der Waals surface area contributed by atoms with Crippen molar-refractivity contribution in [1.82, 2.24) is 14.5 Å².